The maximum atomic E-state index is 12.9. The van der Waals surface area contributed by atoms with Crippen LogP contribution in [0.4, 0.5) is 0 Å². The SMILES string of the molecule is CCN(Cc1ccc(C(=O)N(C)C)cc1)C(=O)c1ccc(-n2ccnc2)cc1. The fourth-order valence-corrected chi connectivity index (χ4v) is 2.93. The van der Waals surface area contributed by atoms with Gasteiger partial charge in [-0.25, -0.2) is 4.98 Å². The molecule has 0 aliphatic rings. The van der Waals surface area contributed by atoms with Gasteiger partial charge in [0.1, 0.15) is 0 Å². The second-order valence-corrected chi connectivity index (χ2v) is 6.73. The third kappa shape index (κ3) is 4.28. The molecule has 0 saturated heterocycles. The van der Waals surface area contributed by atoms with Gasteiger partial charge in [0.05, 0.1) is 6.33 Å². The summed E-state index contributed by atoms with van der Waals surface area (Å²) in [4.78, 5) is 32.3. The molecule has 28 heavy (non-hydrogen) atoms. The van der Waals surface area contributed by atoms with Gasteiger partial charge in [-0.1, -0.05) is 12.1 Å². The van der Waals surface area contributed by atoms with E-state index in [1.165, 1.54) is 0 Å². The van der Waals surface area contributed by atoms with Crippen molar-refractivity contribution in [3.63, 3.8) is 0 Å². The zero-order valence-corrected chi connectivity index (χ0v) is 16.4. The highest BCUT2D eigenvalue weighted by Crippen LogP contribution is 2.14. The normalized spacial score (nSPS) is 10.5. The highest BCUT2D eigenvalue weighted by Gasteiger charge is 2.15. The number of hydrogen-bond donors (Lipinski definition) is 0. The Balaban J connectivity index is 1.70. The lowest BCUT2D eigenvalue weighted by Crippen LogP contribution is -2.30. The van der Waals surface area contributed by atoms with Crippen LogP contribution in [0.1, 0.15) is 33.2 Å². The van der Waals surface area contributed by atoms with Crippen LogP contribution in [0.3, 0.4) is 0 Å². The number of amides is 2. The van der Waals surface area contributed by atoms with Crippen LogP contribution in [0.2, 0.25) is 0 Å². The quantitative estimate of drug-likeness (QED) is 0.664. The van der Waals surface area contributed by atoms with E-state index >= 15 is 0 Å². The van der Waals surface area contributed by atoms with Crippen LogP contribution in [-0.4, -0.2) is 51.8 Å². The molecule has 0 spiro atoms. The monoisotopic (exact) mass is 376 g/mol. The Kier molecular flexibility index (Phi) is 5.89. The molecule has 3 aromatic rings. The van der Waals surface area contributed by atoms with E-state index in [1.807, 2.05) is 54.1 Å². The summed E-state index contributed by atoms with van der Waals surface area (Å²) in [5.41, 5.74) is 3.22. The molecule has 0 N–H and O–H groups in total. The minimum atomic E-state index is -0.0343. The first-order valence-electron chi connectivity index (χ1n) is 9.18. The Morgan fingerprint density at radius 3 is 2.07 bits per heavy atom. The first-order valence-corrected chi connectivity index (χ1v) is 9.18. The molecule has 0 aliphatic heterocycles. The molecule has 0 unspecified atom stereocenters. The van der Waals surface area contributed by atoms with E-state index in [0.29, 0.717) is 24.2 Å². The van der Waals surface area contributed by atoms with Gasteiger partial charge >= 0.3 is 0 Å². The number of nitrogens with zero attached hydrogens (tertiary/aromatic N) is 4. The summed E-state index contributed by atoms with van der Waals surface area (Å²) in [6, 6.07) is 14.9. The van der Waals surface area contributed by atoms with Crippen molar-refractivity contribution in [3.05, 3.63) is 83.9 Å². The molecule has 3 rings (SSSR count). The van der Waals surface area contributed by atoms with Gasteiger partial charge in [0, 0.05) is 56.4 Å². The van der Waals surface area contributed by atoms with Crippen molar-refractivity contribution in [2.75, 3.05) is 20.6 Å². The molecular weight excluding hydrogens is 352 g/mol. The van der Waals surface area contributed by atoms with Gasteiger partial charge in [-0.3, -0.25) is 9.59 Å². The van der Waals surface area contributed by atoms with Crippen molar-refractivity contribution in [2.24, 2.45) is 0 Å². The Morgan fingerprint density at radius 1 is 0.929 bits per heavy atom. The van der Waals surface area contributed by atoms with E-state index in [-0.39, 0.29) is 11.8 Å². The second-order valence-electron chi connectivity index (χ2n) is 6.73. The van der Waals surface area contributed by atoms with Crippen LogP contribution in [0.5, 0.6) is 0 Å². The van der Waals surface area contributed by atoms with Crippen LogP contribution in [-0.2, 0) is 6.54 Å². The van der Waals surface area contributed by atoms with Gasteiger partial charge in [0.15, 0.2) is 0 Å². The van der Waals surface area contributed by atoms with Crippen molar-refractivity contribution in [1.29, 1.82) is 0 Å². The van der Waals surface area contributed by atoms with E-state index in [9.17, 15) is 9.59 Å². The highest BCUT2D eigenvalue weighted by molar-refractivity contribution is 5.95. The molecule has 6 nitrogen and oxygen atoms in total. The third-order valence-corrected chi connectivity index (χ3v) is 4.57. The topological polar surface area (TPSA) is 58.4 Å². The highest BCUT2D eigenvalue weighted by atomic mass is 16.2. The van der Waals surface area contributed by atoms with Crippen LogP contribution in [0.15, 0.2) is 67.3 Å². The molecule has 0 bridgehead atoms. The Morgan fingerprint density at radius 2 is 1.54 bits per heavy atom. The average Bonchev–Trinajstić information content (AvgIpc) is 3.26. The number of rotatable bonds is 6. The van der Waals surface area contributed by atoms with Gasteiger partial charge < -0.3 is 14.4 Å². The largest absolute Gasteiger partial charge is 0.345 e. The Labute approximate surface area is 165 Å². The molecule has 0 atom stereocenters. The number of benzene rings is 2. The molecule has 144 valence electrons. The molecule has 0 aliphatic carbocycles. The standard InChI is InChI=1S/C22H24N4O2/c1-4-25(15-17-5-7-18(8-6-17)21(27)24(2)3)22(28)19-9-11-20(12-10-19)26-14-13-23-16-26/h5-14,16H,4,15H2,1-3H3. The fraction of sp³-hybridized carbons (Fsp3) is 0.227. The minimum Gasteiger partial charge on any atom is -0.345 e. The molecule has 0 saturated carbocycles. The predicted molar refractivity (Wildman–Crippen MR) is 108 cm³/mol. The summed E-state index contributed by atoms with van der Waals surface area (Å²) in [7, 11) is 3.46. The van der Waals surface area contributed by atoms with Crippen LogP contribution in [0.25, 0.3) is 5.69 Å². The minimum absolute atomic E-state index is 0.0203. The Hall–Kier alpha value is -3.41. The maximum absolute atomic E-state index is 12.9. The smallest absolute Gasteiger partial charge is 0.254 e. The summed E-state index contributed by atoms with van der Waals surface area (Å²) in [5, 5.41) is 0. The van der Waals surface area contributed by atoms with Crippen LogP contribution >= 0.6 is 0 Å². The van der Waals surface area contributed by atoms with E-state index in [1.54, 1.807) is 48.6 Å². The van der Waals surface area contributed by atoms with Crippen molar-refractivity contribution >= 4 is 11.8 Å². The summed E-state index contributed by atoms with van der Waals surface area (Å²) in [6.07, 6.45) is 5.30. The lowest BCUT2D eigenvalue weighted by atomic mass is 10.1. The third-order valence-electron chi connectivity index (χ3n) is 4.57. The molecule has 0 fully saturated rings. The predicted octanol–water partition coefficient (Wildman–Crippen LogP) is 3.24. The summed E-state index contributed by atoms with van der Waals surface area (Å²) >= 11 is 0. The molecule has 6 heteroatoms. The van der Waals surface area contributed by atoms with Gasteiger partial charge in [0.2, 0.25) is 0 Å². The van der Waals surface area contributed by atoms with E-state index in [0.717, 1.165) is 11.3 Å². The molecule has 1 heterocycles. The van der Waals surface area contributed by atoms with Gasteiger partial charge in [-0.15, -0.1) is 0 Å². The second kappa shape index (κ2) is 8.52. The van der Waals surface area contributed by atoms with Gasteiger partial charge in [0.25, 0.3) is 11.8 Å². The first kappa shape index (κ1) is 19.4. The van der Waals surface area contributed by atoms with Gasteiger partial charge in [-0.05, 0) is 48.9 Å². The van der Waals surface area contributed by atoms with Crippen molar-refractivity contribution in [1.82, 2.24) is 19.4 Å². The van der Waals surface area contributed by atoms with Gasteiger partial charge in [-0.2, -0.15) is 0 Å². The summed E-state index contributed by atoms with van der Waals surface area (Å²) < 4.78 is 1.89. The molecular formula is C22H24N4O2. The lowest BCUT2D eigenvalue weighted by molar-refractivity contribution is 0.0751. The van der Waals surface area contributed by atoms with E-state index < -0.39 is 0 Å². The van der Waals surface area contributed by atoms with Crippen molar-refractivity contribution in [2.45, 2.75) is 13.5 Å². The zero-order chi connectivity index (χ0) is 20.1. The number of carbonyl (C=O) groups is 2. The van der Waals surface area contributed by atoms with E-state index in [2.05, 4.69) is 4.98 Å². The van der Waals surface area contributed by atoms with Crippen molar-refractivity contribution < 1.29 is 9.59 Å². The first-order chi connectivity index (χ1) is 13.5. The maximum Gasteiger partial charge on any atom is 0.254 e. The average molecular weight is 376 g/mol. The molecule has 0 radical (unpaired) electrons. The summed E-state index contributed by atoms with van der Waals surface area (Å²) in [6.45, 7) is 3.05. The number of carbonyl (C=O) groups excluding carboxylic acids is 2. The molecule has 1 aromatic heterocycles. The zero-order valence-electron chi connectivity index (χ0n) is 16.4. The Bertz CT molecular complexity index is 930. The number of hydrogen-bond acceptors (Lipinski definition) is 3. The fourth-order valence-electron chi connectivity index (χ4n) is 2.93. The summed E-state index contributed by atoms with van der Waals surface area (Å²) in [5.74, 6) is -0.0546. The lowest BCUT2D eigenvalue weighted by Gasteiger charge is -2.21. The molecule has 2 amide bonds. The number of imidazole rings is 1. The van der Waals surface area contributed by atoms with Crippen molar-refractivity contribution in [3.8, 4) is 5.69 Å². The van der Waals surface area contributed by atoms with Crippen LogP contribution < -0.4 is 0 Å². The number of aromatic nitrogens is 2. The molecule has 2 aromatic carbocycles. The van der Waals surface area contributed by atoms with E-state index in [4.69, 9.17) is 0 Å². The van der Waals surface area contributed by atoms with Crippen LogP contribution in [0, 0.1) is 0 Å².